The van der Waals surface area contributed by atoms with Gasteiger partial charge in [0.25, 0.3) is 0 Å². The maximum atomic E-state index is 2.44. The van der Waals surface area contributed by atoms with E-state index in [1.807, 2.05) is 0 Å². The van der Waals surface area contributed by atoms with Gasteiger partial charge in [0.1, 0.15) is 0 Å². The molecule has 2 aromatic heterocycles. The van der Waals surface area contributed by atoms with E-state index in [9.17, 15) is 0 Å². The van der Waals surface area contributed by atoms with Crippen LogP contribution in [0.2, 0.25) is 0 Å². The van der Waals surface area contributed by atoms with Crippen LogP contribution in [0.4, 0.5) is 17.1 Å². The number of nitrogens with zero attached hydrogens (tertiary/aromatic N) is 3. The second kappa shape index (κ2) is 13.6. The molecule has 2 heterocycles. The molecule has 0 spiro atoms. The highest BCUT2D eigenvalue weighted by molar-refractivity contribution is 6.15. The van der Waals surface area contributed by atoms with E-state index in [0.717, 1.165) is 34.0 Å². The van der Waals surface area contributed by atoms with E-state index in [1.165, 1.54) is 60.3 Å². The van der Waals surface area contributed by atoms with Gasteiger partial charge in [-0.05, 0) is 95.1 Å². The largest absolute Gasteiger partial charge is 0.309 e. The van der Waals surface area contributed by atoms with Gasteiger partial charge in [-0.25, -0.2) is 0 Å². The Labute approximate surface area is 331 Å². The number of benzene rings is 9. The molecule has 0 N–H and O–H groups in total. The molecular weight excluding hydrogens is 691 g/mol. The van der Waals surface area contributed by atoms with Crippen LogP contribution in [0.5, 0.6) is 0 Å². The third kappa shape index (κ3) is 5.51. The van der Waals surface area contributed by atoms with Gasteiger partial charge in [-0.1, -0.05) is 152 Å². The highest BCUT2D eigenvalue weighted by atomic mass is 15.2. The van der Waals surface area contributed by atoms with Gasteiger partial charge in [0.05, 0.1) is 27.8 Å². The predicted molar refractivity (Wildman–Crippen MR) is 241 cm³/mol. The second-order valence-electron chi connectivity index (χ2n) is 14.6. The molecule has 0 aliphatic heterocycles. The van der Waals surface area contributed by atoms with Crippen LogP contribution in [-0.4, -0.2) is 9.13 Å². The molecule has 57 heavy (non-hydrogen) atoms. The van der Waals surface area contributed by atoms with E-state index in [0.29, 0.717) is 0 Å². The van der Waals surface area contributed by atoms with Crippen LogP contribution in [0.1, 0.15) is 0 Å². The summed E-state index contributed by atoms with van der Waals surface area (Å²) in [5.41, 5.74) is 15.1. The molecule has 3 heteroatoms. The summed E-state index contributed by atoms with van der Waals surface area (Å²) in [6.45, 7) is 0. The van der Waals surface area contributed by atoms with E-state index in [1.54, 1.807) is 0 Å². The zero-order chi connectivity index (χ0) is 37.7. The van der Waals surface area contributed by atoms with Gasteiger partial charge in [0.2, 0.25) is 0 Å². The first-order valence-corrected chi connectivity index (χ1v) is 19.5. The summed E-state index contributed by atoms with van der Waals surface area (Å²) >= 11 is 0. The first-order chi connectivity index (χ1) is 28.3. The van der Waals surface area contributed by atoms with Gasteiger partial charge < -0.3 is 14.0 Å². The number of rotatable bonds is 7. The van der Waals surface area contributed by atoms with E-state index in [-0.39, 0.29) is 0 Å². The van der Waals surface area contributed by atoms with Crippen molar-refractivity contribution in [2.75, 3.05) is 4.90 Å². The Morgan fingerprint density at radius 3 is 1.35 bits per heavy atom. The standard InChI is InChI=1S/C54H37N3/c1-4-15-38(16-5-1)40-27-31-43(32-28-40)56-50-24-12-11-22-47(50)49-37-45(35-36-52(49)56)55(42-19-8-3-9-20-42)53-26-14-23-48-46-21-10-13-25-51(46)57(54(48)53)44-33-29-41(30-34-44)39-17-6-2-7-18-39/h1-37H. The Balaban J connectivity index is 1.12. The number of hydrogen-bond acceptors (Lipinski definition) is 1. The molecule has 0 aliphatic rings. The molecule has 0 aliphatic carbocycles. The average molecular weight is 728 g/mol. The van der Waals surface area contributed by atoms with Crippen LogP contribution in [0, 0.1) is 0 Å². The molecule has 0 bridgehead atoms. The van der Waals surface area contributed by atoms with Gasteiger partial charge in [-0.3, -0.25) is 0 Å². The van der Waals surface area contributed by atoms with Crippen LogP contribution in [0.25, 0.3) is 77.2 Å². The van der Waals surface area contributed by atoms with Crippen LogP contribution >= 0.6 is 0 Å². The molecule has 0 saturated carbocycles. The van der Waals surface area contributed by atoms with Crippen LogP contribution < -0.4 is 4.90 Å². The first-order valence-electron chi connectivity index (χ1n) is 19.5. The predicted octanol–water partition coefficient (Wildman–Crippen LogP) is 14.7. The highest BCUT2D eigenvalue weighted by Crippen LogP contribution is 2.45. The SMILES string of the molecule is c1ccc(-c2ccc(-n3c4ccccc4c4cc(N(c5ccccc5)c5cccc6c7ccccc7n(-c7ccc(-c8ccccc8)cc7)c56)ccc43)cc2)cc1. The summed E-state index contributed by atoms with van der Waals surface area (Å²) < 4.78 is 4.84. The van der Waals surface area contributed by atoms with Crippen molar-refractivity contribution < 1.29 is 0 Å². The van der Waals surface area contributed by atoms with Gasteiger partial charge in [-0.2, -0.15) is 0 Å². The second-order valence-corrected chi connectivity index (χ2v) is 14.6. The Hall–Kier alpha value is -7.62. The van der Waals surface area contributed by atoms with Crippen molar-refractivity contribution in [1.29, 1.82) is 0 Å². The lowest BCUT2D eigenvalue weighted by Gasteiger charge is -2.27. The zero-order valence-electron chi connectivity index (χ0n) is 31.2. The van der Waals surface area contributed by atoms with Gasteiger partial charge in [0.15, 0.2) is 0 Å². The minimum Gasteiger partial charge on any atom is -0.309 e. The van der Waals surface area contributed by atoms with Crippen molar-refractivity contribution in [3.63, 3.8) is 0 Å². The minimum absolute atomic E-state index is 1.10. The molecule has 9 aromatic carbocycles. The summed E-state index contributed by atoms with van der Waals surface area (Å²) in [6.07, 6.45) is 0. The van der Waals surface area contributed by atoms with E-state index in [2.05, 4.69) is 238 Å². The number of fused-ring (bicyclic) bond motifs is 6. The third-order valence-corrected chi connectivity index (χ3v) is 11.3. The lowest BCUT2D eigenvalue weighted by Crippen LogP contribution is -2.11. The quantitative estimate of drug-likeness (QED) is 0.159. The molecule has 11 aromatic rings. The Kier molecular flexibility index (Phi) is 7.82. The zero-order valence-corrected chi connectivity index (χ0v) is 31.2. The minimum atomic E-state index is 1.10. The maximum Gasteiger partial charge on any atom is 0.0782 e. The van der Waals surface area contributed by atoms with Crippen LogP contribution in [0.3, 0.4) is 0 Å². The number of hydrogen-bond donors (Lipinski definition) is 0. The number of anilines is 3. The molecule has 3 nitrogen and oxygen atoms in total. The van der Waals surface area contributed by atoms with Gasteiger partial charge in [0, 0.05) is 44.3 Å². The van der Waals surface area contributed by atoms with Crippen LogP contribution in [0.15, 0.2) is 224 Å². The molecule has 268 valence electrons. The fourth-order valence-electron chi connectivity index (χ4n) is 8.70. The van der Waals surface area contributed by atoms with Crippen molar-refractivity contribution in [3.05, 3.63) is 224 Å². The summed E-state index contributed by atoms with van der Waals surface area (Å²) in [5, 5.41) is 4.87. The number of aromatic nitrogens is 2. The van der Waals surface area contributed by atoms with Gasteiger partial charge >= 0.3 is 0 Å². The summed E-state index contributed by atoms with van der Waals surface area (Å²) in [7, 11) is 0. The summed E-state index contributed by atoms with van der Waals surface area (Å²) in [6, 6.07) is 81.1. The fourth-order valence-corrected chi connectivity index (χ4v) is 8.70. The van der Waals surface area contributed by atoms with Crippen molar-refractivity contribution in [3.8, 4) is 33.6 Å². The Morgan fingerprint density at radius 1 is 0.281 bits per heavy atom. The molecular formula is C54H37N3. The fraction of sp³-hybridized carbons (Fsp3) is 0. The molecule has 0 radical (unpaired) electrons. The average Bonchev–Trinajstić information content (AvgIpc) is 3.81. The van der Waals surface area contributed by atoms with Crippen molar-refractivity contribution >= 4 is 60.7 Å². The van der Waals surface area contributed by atoms with E-state index >= 15 is 0 Å². The monoisotopic (exact) mass is 727 g/mol. The molecule has 0 saturated heterocycles. The lowest BCUT2D eigenvalue weighted by atomic mass is 10.1. The van der Waals surface area contributed by atoms with Crippen LogP contribution in [-0.2, 0) is 0 Å². The Morgan fingerprint density at radius 2 is 0.737 bits per heavy atom. The summed E-state index contributed by atoms with van der Waals surface area (Å²) in [5.74, 6) is 0. The third-order valence-electron chi connectivity index (χ3n) is 11.3. The van der Waals surface area contributed by atoms with Crippen molar-refractivity contribution in [1.82, 2.24) is 9.13 Å². The Bertz CT molecular complexity index is 3200. The molecule has 0 unspecified atom stereocenters. The van der Waals surface area contributed by atoms with Crippen molar-refractivity contribution in [2.45, 2.75) is 0 Å². The molecule has 0 atom stereocenters. The van der Waals surface area contributed by atoms with E-state index in [4.69, 9.17) is 0 Å². The smallest absolute Gasteiger partial charge is 0.0782 e. The van der Waals surface area contributed by atoms with E-state index < -0.39 is 0 Å². The molecule has 11 rings (SSSR count). The highest BCUT2D eigenvalue weighted by Gasteiger charge is 2.23. The lowest BCUT2D eigenvalue weighted by molar-refractivity contribution is 1.17. The van der Waals surface area contributed by atoms with Crippen molar-refractivity contribution in [2.24, 2.45) is 0 Å². The van der Waals surface area contributed by atoms with Gasteiger partial charge in [-0.15, -0.1) is 0 Å². The summed E-state index contributed by atoms with van der Waals surface area (Å²) in [4.78, 5) is 2.43. The normalized spacial score (nSPS) is 11.5. The first kappa shape index (κ1) is 32.8. The molecule has 0 amide bonds. The maximum absolute atomic E-state index is 2.44. The molecule has 0 fully saturated rings. The topological polar surface area (TPSA) is 13.1 Å². The number of para-hydroxylation sites is 4.